The molecule has 0 bridgehead atoms. The molecule has 590 valence electrons. The molecule has 26 aromatic rings. The Morgan fingerprint density at radius 3 is 0.736 bits per heavy atom. The van der Waals surface area contributed by atoms with Crippen LogP contribution in [0.2, 0.25) is 0 Å². The van der Waals surface area contributed by atoms with Crippen molar-refractivity contribution in [3.8, 4) is 173 Å². The van der Waals surface area contributed by atoms with Gasteiger partial charge in [0.2, 0.25) is 0 Å². The van der Waals surface area contributed by atoms with Crippen molar-refractivity contribution < 1.29 is 0 Å². The molecule has 32 rings (SSSR count). The lowest BCUT2D eigenvalue weighted by Gasteiger charge is -2.14. The molecule has 0 fully saturated rings. The van der Waals surface area contributed by atoms with Gasteiger partial charge in [0, 0.05) is 49.1 Å². The van der Waals surface area contributed by atoms with Crippen LogP contribution in [0.25, 0.3) is 303 Å². The van der Waals surface area contributed by atoms with Gasteiger partial charge in [-0.05, 0) is 282 Å². The second-order valence-electron chi connectivity index (χ2n) is 35.7. The summed E-state index contributed by atoms with van der Waals surface area (Å²) in [5.41, 5.74) is 48.2. The summed E-state index contributed by atoms with van der Waals surface area (Å²) in [6.07, 6.45) is 0. The molecule has 0 unspecified atom stereocenters. The largest absolute Gasteiger partial charge is 0.309 e. The summed E-state index contributed by atoms with van der Waals surface area (Å²) < 4.78 is 7.45. The molecular formula is C126H71N3. The minimum atomic E-state index is 1.18. The van der Waals surface area contributed by atoms with Crippen molar-refractivity contribution in [3.63, 3.8) is 0 Å². The molecule has 0 N–H and O–H groups in total. The smallest absolute Gasteiger partial charge is 0.0554 e. The molecule has 0 saturated carbocycles. The zero-order chi connectivity index (χ0) is 83.7. The lowest BCUT2D eigenvalue weighted by Crippen LogP contribution is -1.96. The van der Waals surface area contributed by atoms with Gasteiger partial charge in [-0.1, -0.05) is 364 Å². The molecule has 3 heterocycles. The van der Waals surface area contributed by atoms with Crippen molar-refractivity contribution in [2.24, 2.45) is 0 Å². The number of rotatable bonds is 5. The van der Waals surface area contributed by atoms with E-state index in [9.17, 15) is 0 Å². The lowest BCUT2D eigenvalue weighted by atomic mass is 9.94. The van der Waals surface area contributed by atoms with Gasteiger partial charge in [-0.15, -0.1) is 0 Å². The fraction of sp³-hybridized carbons (Fsp3) is 0. The lowest BCUT2D eigenvalue weighted by molar-refractivity contribution is 1.18. The Labute approximate surface area is 742 Å². The van der Waals surface area contributed by atoms with E-state index in [0.717, 1.165) is 0 Å². The summed E-state index contributed by atoms with van der Waals surface area (Å²) in [4.78, 5) is 0. The Balaban J connectivity index is 0.0000000939. The number of fused-ring (bicyclic) bond motifs is 30. The van der Waals surface area contributed by atoms with Gasteiger partial charge in [-0.25, -0.2) is 0 Å². The highest BCUT2D eigenvalue weighted by molar-refractivity contribution is 6.34. The van der Waals surface area contributed by atoms with Crippen LogP contribution >= 0.6 is 0 Å². The Kier molecular flexibility index (Phi) is 13.9. The molecular weight excluding hydrogens is 1560 g/mol. The molecule has 0 amide bonds. The van der Waals surface area contributed by atoms with E-state index >= 15 is 0 Å². The van der Waals surface area contributed by atoms with Crippen LogP contribution in [-0.4, -0.2) is 13.7 Å². The fourth-order valence-electron chi connectivity index (χ4n) is 24.5. The number of nitrogens with zero attached hydrogens (tertiary/aromatic N) is 3. The van der Waals surface area contributed by atoms with Crippen LogP contribution < -0.4 is 0 Å². The normalized spacial score (nSPS) is 12.5. The average Bonchev–Trinajstić information content (AvgIpc) is 1.53. The van der Waals surface area contributed by atoms with Crippen LogP contribution in [0, 0.1) is 0 Å². The second kappa shape index (κ2) is 25.8. The third-order valence-corrected chi connectivity index (χ3v) is 29.6. The summed E-state index contributed by atoms with van der Waals surface area (Å²) in [6, 6.07) is 160. The van der Waals surface area contributed by atoms with Gasteiger partial charge in [0.15, 0.2) is 0 Å². The Bertz CT molecular complexity index is 9540. The van der Waals surface area contributed by atoms with Gasteiger partial charge in [-0.3, -0.25) is 0 Å². The second-order valence-corrected chi connectivity index (χ2v) is 35.7. The van der Waals surface area contributed by atoms with E-state index in [1.165, 1.54) is 303 Å². The quantitative estimate of drug-likeness (QED) is 0.163. The van der Waals surface area contributed by atoms with Crippen LogP contribution in [0.15, 0.2) is 431 Å². The highest BCUT2D eigenvalue weighted by Gasteiger charge is 2.33. The third kappa shape index (κ3) is 9.28. The SMILES string of the molecule is c1cc(-c2ccc3c4c(cccc24)-c2ccccc2-3)cc(-n2c3ccccc3c3c4cccc5c4c(cc32)-c2ccccc2-5)c1.c1ccc2c(c1)-c1cccc3c(-c4ccc(-n5c6ccccc6c6c7cccc8c7c(cc65)-c5ccccc5-8)cc4)ccc-2c13.c1ccc2c(c1)-c1cccc3c(-n4c5ccccc5c5c6cccc7c6c(cc54)-c4ccccc4-7)ccc-2c13. The molecule has 0 spiro atoms. The first-order chi connectivity index (χ1) is 64.1. The van der Waals surface area contributed by atoms with Crippen molar-refractivity contribution >= 4 is 130 Å². The molecule has 3 nitrogen and oxygen atoms in total. The maximum Gasteiger partial charge on any atom is 0.0554 e. The van der Waals surface area contributed by atoms with Gasteiger partial charge in [0.25, 0.3) is 0 Å². The van der Waals surface area contributed by atoms with Gasteiger partial charge in [0.05, 0.1) is 38.8 Å². The summed E-state index contributed by atoms with van der Waals surface area (Å²) in [5.74, 6) is 0. The average molecular weight is 1630 g/mol. The maximum absolute atomic E-state index is 2.51. The van der Waals surface area contributed by atoms with Gasteiger partial charge in [0.1, 0.15) is 0 Å². The first-order valence-electron chi connectivity index (χ1n) is 45.0. The number of para-hydroxylation sites is 3. The van der Waals surface area contributed by atoms with E-state index < -0.39 is 0 Å². The Morgan fingerprint density at radius 1 is 0.109 bits per heavy atom. The van der Waals surface area contributed by atoms with Crippen LogP contribution in [0.5, 0.6) is 0 Å². The predicted molar refractivity (Wildman–Crippen MR) is 545 cm³/mol. The number of hydrogen-bond donors (Lipinski definition) is 0. The molecule has 0 atom stereocenters. The van der Waals surface area contributed by atoms with Crippen LogP contribution in [0.4, 0.5) is 0 Å². The summed E-state index contributed by atoms with van der Waals surface area (Å²) in [7, 11) is 0. The molecule has 6 aliphatic carbocycles. The van der Waals surface area contributed by atoms with Gasteiger partial charge >= 0.3 is 0 Å². The van der Waals surface area contributed by atoms with E-state index in [-0.39, 0.29) is 0 Å². The van der Waals surface area contributed by atoms with Crippen LogP contribution in [-0.2, 0) is 0 Å². The van der Waals surface area contributed by atoms with Crippen LogP contribution in [0.3, 0.4) is 0 Å². The standard InChI is InChI=1S/2C44H25N.C38H21N/c1-2-13-30-29(12-1)34-18-8-17-33-28(22-23-36(30)42(33)34)26-10-7-11-27(24-26)45-40-21-6-5-16-37(40)44-38-20-9-19-35-31-14-3-4-15-32(31)39(43(35)38)25-41(44)45;1-2-10-30-29(9-1)34-15-7-14-33-28(23-24-36(30)42(33)34)26-19-21-27(22-20-26)45-40-18-6-5-13-37(40)44-38-17-8-16-35-31-11-3-4-12-32(31)39(43(35)38)25-41(44)45;1-2-10-23-22(9-1)26-14-7-16-29-34(20-19-28(23)36(26)29)39-33-18-6-5-13-30(33)38-31-17-8-15-27-24-11-3-4-12-25(24)32(37(27)31)21-35(38)39/h2*1-25H;1-21H. The highest BCUT2D eigenvalue weighted by Crippen LogP contribution is 2.59. The van der Waals surface area contributed by atoms with E-state index in [0.29, 0.717) is 0 Å². The highest BCUT2D eigenvalue weighted by atomic mass is 15.0. The molecule has 129 heavy (non-hydrogen) atoms. The van der Waals surface area contributed by atoms with Gasteiger partial charge in [-0.2, -0.15) is 0 Å². The summed E-state index contributed by atoms with van der Waals surface area (Å²) in [5, 5.41) is 24.0. The first-order valence-corrected chi connectivity index (χ1v) is 45.0. The van der Waals surface area contributed by atoms with Crippen molar-refractivity contribution in [3.05, 3.63) is 431 Å². The van der Waals surface area contributed by atoms with Crippen molar-refractivity contribution in [1.29, 1.82) is 0 Å². The molecule has 3 aromatic heterocycles. The van der Waals surface area contributed by atoms with Crippen molar-refractivity contribution in [2.75, 3.05) is 0 Å². The fourth-order valence-corrected chi connectivity index (χ4v) is 24.5. The summed E-state index contributed by atoms with van der Waals surface area (Å²) >= 11 is 0. The van der Waals surface area contributed by atoms with E-state index in [4.69, 9.17) is 0 Å². The number of aromatic nitrogens is 3. The van der Waals surface area contributed by atoms with E-state index in [2.05, 4.69) is 444 Å². The first kappa shape index (κ1) is 69.4. The van der Waals surface area contributed by atoms with Gasteiger partial charge < -0.3 is 13.7 Å². The molecule has 0 radical (unpaired) electrons. The summed E-state index contributed by atoms with van der Waals surface area (Å²) in [6.45, 7) is 0. The molecule has 0 saturated heterocycles. The van der Waals surface area contributed by atoms with Crippen LogP contribution in [0.1, 0.15) is 0 Å². The molecule has 23 aromatic carbocycles. The minimum Gasteiger partial charge on any atom is -0.309 e. The Hall–Kier alpha value is -17.0. The van der Waals surface area contributed by atoms with Crippen molar-refractivity contribution in [1.82, 2.24) is 13.7 Å². The zero-order valence-corrected chi connectivity index (χ0v) is 69.8. The third-order valence-electron chi connectivity index (χ3n) is 29.6. The number of hydrogen-bond acceptors (Lipinski definition) is 0. The van der Waals surface area contributed by atoms with Crippen molar-refractivity contribution in [2.45, 2.75) is 0 Å². The predicted octanol–water partition coefficient (Wildman–Crippen LogP) is 34.5. The van der Waals surface area contributed by atoms with E-state index in [1.807, 2.05) is 0 Å². The zero-order valence-electron chi connectivity index (χ0n) is 69.8. The number of benzene rings is 23. The molecule has 6 aliphatic rings. The molecule has 3 heteroatoms. The van der Waals surface area contributed by atoms with E-state index in [1.54, 1.807) is 0 Å². The minimum absolute atomic E-state index is 1.18. The molecule has 0 aliphatic heterocycles. The Morgan fingerprint density at radius 2 is 0.357 bits per heavy atom. The monoisotopic (exact) mass is 1630 g/mol. The topological polar surface area (TPSA) is 14.8 Å². The maximum atomic E-state index is 2.51.